The molecule has 1 aliphatic carbocycles. The maximum atomic E-state index is 12.2. The standard InChI is InChI=1S/C12H25N3O2S/c1-2-12(5-3-4-6-12)11-14-18(16,17)15-9-7-13-8-10-15/h13-14H,2-11H2,1H3. The molecule has 2 fully saturated rings. The second kappa shape index (κ2) is 5.86. The highest BCUT2D eigenvalue weighted by molar-refractivity contribution is 7.87. The first-order valence-electron chi connectivity index (χ1n) is 7.03. The van der Waals surface area contributed by atoms with Gasteiger partial charge in [0.1, 0.15) is 0 Å². The number of piperazine rings is 1. The zero-order chi connectivity index (χ0) is 13.1. The van der Waals surface area contributed by atoms with E-state index in [1.165, 1.54) is 12.8 Å². The maximum absolute atomic E-state index is 12.2. The van der Waals surface area contributed by atoms with Crippen LogP contribution in [0.1, 0.15) is 39.0 Å². The van der Waals surface area contributed by atoms with Crippen molar-refractivity contribution < 1.29 is 8.42 Å². The van der Waals surface area contributed by atoms with Gasteiger partial charge in [-0.15, -0.1) is 0 Å². The van der Waals surface area contributed by atoms with E-state index in [1.54, 1.807) is 4.31 Å². The van der Waals surface area contributed by atoms with Gasteiger partial charge in [-0.1, -0.05) is 19.8 Å². The maximum Gasteiger partial charge on any atom is 0.279 e. The van der Waals surface area contributed by atoms with Crippen molar-refractivity contribution in [3.63, 3.8) is 0 Å². The van der Waals surface area contributed by atoms with Crippen molar-refractivity contribution in [2.45, 2.75) is 39.0 Å². The largest absolute Gasteiger partial charge is 0.314 e. The SMILES string of the molecule is CCC1(CNS(=O)(=O)N2CCNCC2)CCCC1. The summed E-state index contributed by atoms with van der Waals surface area (Å²) in [5.74, 6) is 0. The van der Waals surface area contributed by atoms with E-state index >= 15 is 0 Å². The molecule has 0 aromatic rings. The first-order chi connectivity index (χ1) is 8.58. The van der Waals surface area contributed by atoms with Crippen molar-refractivity contribution in [3.8, 4) is 0 Å². The molecule has 1 saturated carbocycles. The van der Waals surface area contributed by atoms with Gasteiger partial charge in [-0.2, -0.15) is 12.7 Å². The van der Waals surface area contributed by atoms with Gasteiger partial charge in [0, 0.05) is 32.7 Å². The molecule has 18 heavy (non-hydrogen) atoms. The molecule has 106 valence electrons. The van der Waals surface area contributed by atoms with E-state index in [2.05, 4.69) is 17.0 Å². The Kier molecular flexibility index (Phi) is 4.64. The van der Waals surface area contributed by atoms with Crippen LogP contribution in [0.2, 0.25) is 0 Å². The lowest BCUT2D eigenvalue weighted by atomic mass is 9.84. The first-order valence-corrected chi connectivity index (χ1v) is 8.47. The Morgan fingerprint density at radius 1 is 1.22 bits per heavy atom. The van der Waals surface area contributed by atoms with E-state index in [9.17, 15) is 8.42 Å². The van der Waals surface area contributed by atoms with E-state index < -0.39 is 10.2 Å². The van der Waals surface area contributed by atoms with Crippen molar-refractivity contribution in [2.75, 3.05) is 32.7 Å². The molecule has 2 aliphatic rings. The molecule has 5 nitrogen and oxygen atoms in total. The fourth-order valence-electron chi connectivity index (χ4n) is 3.00. The van der Waals surface area contributed by atoms with Crippen LogP contribution in [-0.4, -0.2) is 45.4 Å². The highest BCUT2D eigenvalue weighted by Crippen LogP contribution is 2.40. The summed E-state index contributed by atoms with van der Waals surface area (Å²) in [4.78, 5) is 0. The normalized spacial score (nSPS) is 25.4. The Balaban J connectivity index is 1.91. The third-order valence-electron chi connectivity index (χ3n) is 4.46. The second-order valence-corrected chi connectivity index (χ2v) is 7.29. The van der Waals surface area contributed by atoms with Crippen LogP contribution >= 0.6 is 0 Å². The summed E-state index contributed by atoms with van der Waals surface area (Å²) < 4.78 is 28.8. The van der Waals surface area contributed by atoms with Gasteiger partial charge in [0.15, 0.2) is 0 Å². The van der Waals surface area contributed by atoms with Gasteiger partial charge in [0.2, 0.25) is 0 Å². The Morgan fingerprint density at radius 2 is 1.83 bits per heavy atom. The van der Waals surface area contributed by atoms with Crippen LogP contribution in [0.15, 0.2) is 0 Å². The summed E-state index contributed by atoms with van der Waals surface area (Å²) in [7, 11) is -3.28. The molecule has 0 aromatic carbocycles. The lowest BCUT2D eigenvalue weighted by Crippen LogP contribution is -2.51. The van der Waals surface area contributed by atoms with Gasteiger partial charge in [-0.3, -0.25) is 0 Å². The van der Waals surface area contributed by atoms with Gasteiger partial charge < -0.3 is 5.32 Å². The summed E-state index contributed by atoms with van der Waals surface area (Å²) in [6, 6.07) is 0. The van der Waals surface area contributed by atoms with Crippen LogP contribution < -0.4 is 10.0 Å². The molecular weight excluding hydrogens is 250 g/mol. The van der Waals surface area contributed by atoms with Crippen molar-refractivity contribution in [1.82, 2.24) is 14.3 Å². The van der Waals surface area contributed by atoms with Crippen LogP contribution in [-0.2, 0) is 10.2 Å². The molecule has 1 saturated heterocycles. The summed E-state index contributed by atoms with van der Waals surface area (Å²) >= 11 is 0. The molecule has 1 aliphatic heterocycles. The van der Waals surface area contributed by atoms with E-state index in [0.29, 0.717) is 19.6 Å². The predicted octanol–water partition coefficient (Wildman–Crippen LogP) is 0.696. The number of nitrogens with one attached hydrogen (secondary N) is 2. The predicted molar refractivity (Wildman–Crippen MR) is 72.6 cm³/mol. The Labute approximate surface area is 110 Å². The molecule has 2 N–H and O–H groups in total. The number of nitrogens with zero attached hydrogens (tertiary/aromatic N) is 1. The molecule has 2 rings (SSSR count). The summed E-state index contributed by atoms with van der Waals surface area (Å²) in [6.07, 6.45) is 5.87. The number of rotatable bonds is 5. The Morgan fingerprint density at radius 3 is 2.39 bits per heavy atom. The molecule has 0 atom stereocenters. The lowest BCUT2D eigenvalue weighted by molar-refractivity contribution is 0.279. The third kappa shape index (κ3) is 3.23. The summed E-state index contributed by atoms with van der Waals surface area (Å²) in [5.41, 5.74) is 0.209. The zero-order valence-electron chi connectivity index (χ0n) is 11.2. The topological polar surface area (TPSA) is 61.4 Å². The fourth-order valence-corrected chi connectivity index (χ4v) is 4.34. The third-order valence-corrected chi connectivity index (χ3v) is 6.01. The van der Waals surface area contributed by atoms with E-state index in [1.807, 2.05) is 0 Å². The molecule has 0 aromatic heterocycles. The van der Waals surface area contributed by atoms with Gasteiger partial charge in [-0.05, 0) is 24.7 Å². The van der Waals surface area contributed by atoms with Crippen LogP contribution in [0.5, 0.6) is 0 Å². The molecular formula is C12H25N3O2S. The Bertz CT molecular complexity index is 358. The average Bonchev–Trinajstić information content (AvgIpc) is 2.87. The van der Waals surface area contributed by atoms with Crippen LogP contribution in [0.4, 0.5) is 0 Å². The quantitative estimate of drug-likeness (QED) is 0.776. The highest BCUT2D eigenvalue weighted by atomic mass is 32.2. The molecule has 0 radical (unpaired) electrons. The fraction of sp³-hybridized carbons (Fsp3) is 1.00. The molecule has 0 amide bonds. The first kappa shape index (κ1) is 14.2. The van der Waals surface area contributed by atoms with Crippen molar-refractivity contribution >= 4 is 10.2 Å². The van der Waals surface area contributed by atoms with Gasteiger partial charge >= 0.3 is 0 Å². The van der Waals surface area contributed by atoms with Crippen LogP contribution in [0.3, 0.4) is 0 Å². The number of hydrogen-bond acceptors (Lipinski definition) is 3. The molecule has 0 spiro atoms. The smallest absolute Gasteiger partial charge is 0.279 e. The lowest BCUT2D eigenvalue weighted by Gasteiger charge is -2.31. The van der Waals surface area contributed by atoms with E-state index in [4.69, 9.17) is 0 Å². The van der Waals surface area contributed by atoms with Gasteiger partial charge in [0.25, 0.3) is 10.2 Å². The highest BCUT2D eigenvalue weighted by Gasteiger charge is 2.34. The van der Waals surface area contributed by atoms with Crippen LogP contribution in [0, 0.1) is 5.41 Å². The molecule has 1 heterocycles. The number of hydrogen-bond donors (Lipinski definition) is 2. The second-order valence-electron chi connectivity index (χ2n) is 5.54. The van der Waals surface area contributed by atoms with Crippen LogP contribution in [0.25, 0.3) is 0 Å². The molecule has 0 bridgehead atoms. The molecule has 6 heteroatoms. The van der Waals surface area contributed by atoms with E-state index in [0.717, 1.165) is 32.4 Å². The summed E-state index contributed by atoms with van der Waals surface area (Å²) in [5, 5.41) is 3.17. The Hall–Kier alpha value is -0.170. The molecule has 0 unspecified atom stereocenters. The minimum atomic E-state index is -3.28. The van der Waals surface area contributed by atoms with Crippen molar-refractivity contribution in [2.24, 2.45) is 5.41 Å². The minimum absolute atomic E-state index is 0.209. The van der Waals surface area contributed by atoms with Gasteiger partial charge in [-0.25, -0.2) is 4.72 Å². The average molecular weight is 275 g/mol. The van der Waals surface area contributed by atoms with Gasteiger partial charge in [0.05, 0.1) is 0 Å². The monoisotopic (exact) mass is 275 g/mol. The van der Waals surface area contributed by atoms with Crippen molar-refractivity contribution in [1.29, 1.82) is 0 Å². The summed E-state index contributed by atoms with van der Waals surface area (Å²) in [6.45, 7) is 5.43. The minimum Gasteiger partial charge on any atom is -0.314 e. The van der Waals surface area contributed by atoms with E-state index in [-0.39, 0.29) is 5.41 Å². The zero-order valence-corrected chi connectivity index (χ0v) is 12.1. The van der Waals surface area contributed by atoms with Crippen molar-refractivity contribution in [3.05, 3.63) is 0 Å².